The number of rotatable bonds is 6. The van der Waals surface area contributed by atoms with Crippen LogP contribution in [-0.2, 0) is 11.8 Å². The van der Waals surface area contributed by atoms with Crippen LogP contribution in [0.1, 0.15) is 41.0 Å². The SMILES string of the molecule is Cc1cc[n+]([O-])c(C)c1-c1ccc(NC(=O)[C@@H](NC(=O)c2ccnn2C)C2CC=C(F)CC2)cc1. The lowest BCUT2D eigenvalue weighted by atomic mass is 9.86. The maximum Gasteiger partial charge on any atom is 0.270 e. The number of amides is 2. The summed E-state index contributed by atoms with van der Waals surface area (Å²) in [6.07, 6.45) is 5.51. The van der Waals surface area contributed by atoms with Crippen molar-refractivity contribution in [3.05, 3.63) is 82.9 Å². The lowest BCUT2D eigenvalue weighted by Gasteiger charge is -2.28. The molecule has 4 rings (SSSR count). The molecule has 2 aromatic heterocycles. The summed E-state index contributed by atoms with van der Waals surface area (Å²) in [7, 11) is 1.65. The van der Waals surface area contributed by atoms with Crippen molar-refractivity contribution in [1.29, 1.82) is 0 Å². The van der Waals surface area contributed by atoms with Crippen LogP contribution in [0, 0.1) is 25.0 Å². The summed E-state index contributed by atoms with van der Waals surface area (Å²) >= 11 is 0. The summed E-state index contributed by atoms with van der Waals surface area (Å²) in [5, 5.41) is 21.7. The van der Waals surface area contributed by atoms with Gasteiger partial charge in [0.05, 0.1) is 11.4 Å². The number of hydrogen-bond acceptors (Lipinski definition) is 4. The van der Waals surface area contributed by atoms with Gasteiger partial charge in [-0.05, 0) is 61.4 Å². The lowest BCUT2D eigenvalue weighted by Crippen LogP contribution is -2.49. The number of benzene rings is 1. The number of anilines is 1. The van der Waals surface area contributed by atoms with Crippen molar-refractivity contribution in [2.45, 2.75) is 39.2 Å². The van der Waals surface area contributed by atoms with Crippen LogP contribution in [-0.4, -0.2) is 27.6 Å². The number of nitrogens with zero attached hydrogens (tertiary/aromatic N) is 3. The molecule has 3 aromatic rings. The summed E-state index contributed by atoms with van der Waals surface area (Å²) < 4.78 is 15.9. The van der Waals surface area contributed by atoms with Crippen LogP contribution >= 0.6 is 0 Å². The van der Waals surface area contributed by atoms with E-state index in [2.05, 4.69) is 15.7 Å². The molecule has 35 heavy (non-hydrogen) atoms. The molecule has 0 saturated heterocycles. The third-order valence-corrected chi connectivity index (χ3v) is 6.48. The van der Waals surface area contributed by atoms with Gasteiger partial charge >= 0.3 is 0 Å². The largest absolute Gasteiger partial charge is 0.618 e. The fourth-order valence-electron chi connectivity index (χ4n) is 4.48. The van der Waals surface area contributed by atoms with Crippen molar-refractivity contribution in [3.63, 3.8) is 0 Å². The maximum atomic E-state index is 13.6. The Hall–Kier alpha value is -4.01. The molecule has 0 bridgehead atoms. The summed E-state index contributed by atoms with van der Waals surface area (Å²) in [6, 6.07) is 9.69. The molecule has 0 aliphatic heterocycles. The van der Waals surface area contributed by atoms with Crippen LogP contribution in [0.4, 0.5) is 10.1 Å². The van der Waals surface area contributed by atoms with Gasteiger partial charge < -0.3 is 15.8 Å². The van der Waals surface area contributed by atoms with Gasteiger partial charge in [0, 0.05) is 31.9 Å². The van der Waals surface area contributed by atoms with Crippen LogP contribution in [0.25, 0.3) is 11.1 Å². The zero-order chi connectivity index (χ0) is 25.1. The Morgan fingerprint density at radius 1 is 1.20 bits per heavy atom. The molecule has 9 heteroatoms. The molecule has 0 fully saturated rings. The van der Waals surface area contributed by atoms with E-state index in [9.17, 15) is 19.2 Å². The predicted molar refractivity (Wildman–Crippen MR) is 130 cm³/mol. The average Bonchev–Trinajstić information content (AvgIpc) is 3.27. The zero-order valence-corrected chi connectivity index (χ0v) is 19.9. The smallest absolute Gasteiger partial charge is 0.270 e. The van der Waals surface area contributed by atoms with E-state index >= 15 is 0 Å². The fraction of sp³-hybridized carbons (Fsp3) is 0.308. The van der Waals surface area contributed by atoms with E-state index in [1.807, 2.05) is 19.1 Å². The van der Waals surface area contributed by atoms with E-state index in [1.54, 1.807) is 38.2 Å². The number of nitrogens with one attached hydrogen (secondary N) is 2. The second-order valence-electron chi connectivity index (χ2n) is 8.83. The number of hydrogen-bond donors (Lipinski definition) is 2. The van der Waals surface area contributed by atoms with E-state index in [0.29, 0.717) is 29.9 Å². The first-order valence-electron chi connectivity index (χ1n) is 11.5. The molecule has 2 heterocycles. The highest BCUT2D eigenvalue weighted by Crippen LogP contribution is 2.29. The van der Waals surface area contributed by atoms with E-state index in [4.69, 9.17) is 0 Å². The van der Waals surface area contributed by atoms with Crippen molar-refractivity contribution in [1.82, 2.24) is 15.1 Å². The van der Waals surface area contributed by atoms with Gasteiger partial charge in [-0.3, -0.25) is 14.3 Å². The molecule has 0 saturated carbocycles. The standard InChI is InChI=1S/C26H28FN5O3/c1-16-13-15-32(35)17(2)23(16)18-6-10-21(11-7-18)29-26(34)24(19-4-8-20(27)9-5-19)30-25(33)22-12-14-28-31(22)3/h6-8,10-15,19,24H,4-5,9H2,1-3H3,(H,29,34)(H,30,33)/t19?,24-/m0/s1. The van der Waals surface area contributed by atoms with Gasteiger partial charge in [0.1, 0.15) is 11.7 Å². The van der Waals surface area contributed by atoms with Crippen LogP contribution in [0.5, 0.6) is 0 Å². The molecule has 1 unspecified atom stereocenters. The molecular formula is C26H28FN5O3. The summed E-state index contributed by atoms with van der Waals surface area (Å²) in [4.78, 5) is 26.1. The van der Waals surface area contributed by atoms with Crippen molar-refractivity contribution in [3.8, 4) is 11.1 Å². The van der Waals surface area contributed by atoms with E-state index in [1.165, 1.54) is 23.2 Å². The van der Waals surface area contributed by atoms with Crippen molar-refractivity contribution in [2.24, 2.45) is 13.0 Å². The Morgan fingerprint density at radius 2 is 1.94 bits per heavy atom. The van der Waals surface area contributed by atoms with Crippen molar-refractivity contribution < 1.29 is 18.7 Å². The Balaban J connectivity index is 1.54. The number of aromatic nitrogens is 3. The van der Waals surface area contributed by atoms with Gasteiger partial charge in [-0.2, -0.15) is 9.83 Å². The molecule has 1 aliphatic carbocycles. The number of carbonyl (C=O) groups is 2. The van der Waals surface area contributed by atoms with Crippen LogP contribution in [0.2, 0.25) is 0 Å². The first kappa shape index (κ1) is 24.1. The highest BCUT2D eigenvalue weighted by atomic mass is 19.1. The Labute approximate surface area is 203 Å². The number of halogens is 1. The van der Waals surface area contributed by atoms with Gasteiger partial charge in [0.2, 0.25) is 5.91 Å². The topological polar surface area (TPSA) is 103 Å². The predicted octanol–water partition coefficient (Wildman–Crippen LogP) is 3.73. The molecule has 1 aliphatic rings. The number of carbonyl (C=O) groups excluding carboxylic acids is 2. The second-order valence-corrected chi connectivity index (χ2v) is 8.83. The molecule has 2 N–H and O–H groups in total. The van der Waals surface area contributed by atoms with Gasteiger partial charge in [-0.25, -0.2) is 4.39 Å². The molecule has 2 amide bonds. The third-order valence-electron chi connectivity index (χ3n) is 6.48. The quantitative estimate of drug-likeness (QED) is 0.417. The average molecular weight is 478 g/mol. The minimum Gasteiger partial charge on any atom is -0.618 e. The maximum absolute atomic E-state index is 13.6. The van der Waals surface area contributed by atoms with Gasteiger partial charge in [-0.15, -0.1) is 0 Å². The molecule has 2 atom stereocenters. The normalized spacial score (nSPS) is 16.3. The first-order valence-corrected chi connectivity index (χ1v) is 11.5. The van der Waals surface area contributed by atoms with Gasteiger partial charge in [0.25, 0.3) is 5.91 Å². The molecular weight excluding hydrogens is 449 g/mol. The molecule has 0 radical (unpaired) electrons. The molecule has 8 nitrogen and oxygen atoms in total. The molecule has 1 aromatic carbocycles. The fourth-order valence-corrected chi connectivity index (χ4v) is 4.48. The lowest BCUT2D eigenvalue weighted by molar-refractivity contribution is -0.611. The summed E-state index contributed by atoms with van der Waals surface area (Å²) in [5.74, 6) is -1.23. The van der Waals surface area contributed by atoms with E-state index in [0.717, 1.165) is 21.4 Å². The molecule has 0 spiro atoms. The van der Waals surface area contributed by atoms with Crippen molar-refractivity contribution >= 4 is 17.5 Å². The van der Waals surface area contributed by atoms with Crippen LogP contribution in [0.15, 0.2) is 60.7 Å². The summed E-state index contributed by atoms with van der Waals surface area (Å²) in [5.41, 5.74) is 4.15. The Bertz CT molecular complexity index is 1280. The number of aryl methyl sites for hydroxylation is 2. The first-order chi connectivity index (χ1) is 16.7. The minimum absolute atomic E-state index is 0.195. The van der Waals surface area contributed by atoms with Gasteiger partial charge in [0.15, 0.2) is 11.9 Å². The third kappa shape index (κ3) is 5.24. The Morgan fingerprint density at radius 3 is 2.57 bits per heavy atom. The molecule has 182 valence electrons. The monoisotopic (exact) mass is 477 g/mol. The highest BCUT2D eigenvalue weighted by Gasteiger charge is 2.32. The van der Waals surface area contributed by atoms with Gasteiger partial charge in [-0.1, -0.05) is 18.2 Å². The zero-order valence-electron chi connectivity index (χ0n) is 19.9. The van der Waals surface area contributed by atoms with Crippen LogP contribution < -0.4 is 15.4 Å². The van der Waals surface area contributed by atoms with E-state index in [-0.39, 0.29) is 24.1 Å². The summed E-state index contributed by atoms with van der Waals surface area (Å²) in [6.45, 7) is 3.71. The number of pyridine rings is 1. The second kappa shape index (κ2) is 10.1. The minimum atomic E-state index is -0.848. The van der Waals surface area contributed by atoms with Crippen molar-refractivity contribution in [2.75, 3.05) is 5.32 Å². The Kier molecular flexibility index (Phi) is 6.95. The number of allylic oxidation sites excluding steroid dienone is 2. The van der Waals surface area contributed by atoms with E-state index < -0.39 is 11.9 Å². The van der Waals surface area contributed by atoms with Crippen LogP contribution in [0.3, 0.4) is 0 Å². The highest BCUT2D eigenvalue weighted by molar-refractivity contribution is 6.00.